The number of halogens is 2. The van der Waals surface area contributed by atoms with Crippen molar-refractivity contribution in [3.63, 3.8) is 0 Å². The standard InChI is InChI=1S/C19H13Cl2N3O4/c20-13-3-2-12(6-14(13)21)23-18(25)8-24-9-22-15(7-19(24)26)11-1-4-16-17(5-11)28-10-27-16/h1-7,9H,8,10H2,(H,23,25). The molecule has 0 aliphatic carbocycles. The second-order valence-corrected chi connectivity index (χ2v) is 6.80. The van der Waals surface area contributed by atoms with Crippen LogP contribution in [0.4, 0.5) is 5.69 Å². The molecule has 0 atom stereocenters. The number of hydrogen-bond donors (Lipinski definition) is 1. The fourth-order valence-corrected chi connectivity index (χ4v) is 2.99. The van der Waals surface area contributed by atoms with Crippen molar-refractivity contribution >= 4 is 34.8 Å². The molecule has 4 rings (SSSR count). The van der Waals surface area contributed by atoms with Gasteiger partial charge >= 0.3 is 0 Å². The van der Waals surface area contributed by atoms with E-state index in [-0.39, 0.29) is 18.9 Å². The van der Waals surface area contributed by atoms with Gasteiger partial charge in [0.2, 0.25) is 12.7 Å². The normalized spacial score (nSPS) is 12.1. The first kappa shape index (κ1) is 18.3. The maximum atomic E-state index is 12.4. The van der Waals surface area contributed by atoms with E-state index >= 15 is 0 Å². The number of nitrogens with one attached hydrogen (secondary N) is 1. The van der Waals surface area contributed by atoms with Crippen molar-refractivity contribution < 1.29 is 14.3 Å². The zero-order valence-corrected chi connectivity index (χ0v) is 15.8. The minimum atomic E-state index is -0.391. The van der Waals surface area contributed by atoms with Crippen molar-refractivity contribution in [1.29, 1.82) is 0 Å². The van der Waals surface area contributed by atoms with E-state index in [1.165, 1.54) is 23.0 Å². The molecular weight excluding hydrogens is 405 g/mol. The van der Waals surface area contributed by atoms with Crippen LogP contribution in [0.2, 0.25) is 10.0 Å². The van der Waals surface area contributed by atoms with Gasteiger partial charge in [-0.3, -0.25) is 14.2 Å². The van der Waals surface area contributed by atoms with Gasteiger partial charge in [0.15, 0.2) is 11.5 Å². The van der Waals surface area contributed by atoms with E-state index in [0.29, 0.717) is 38.5 Å². The van der Waals surface area contributed by atoms with E-state index in [0.717, 1.165) is 0 Å². The van der Waals surface area contributed by atoms with E-state index in [9.17, 15) is 9.59 Å². The van der Waals surface area contributed by atoms with Gasteiger partial charge in [0.05, 0.1) is 22.1 Å². The first-order valence-electron chi connectivity index (χ1n) is 8.21. The number of nitrogens with zero attached hydrogens (tertiary/aromatic N) is 2. The highest BCUT2D eigenvalue weighted by Crippen LogP contribution is 2.35. The molecule has 0 saturated carbocycles. The van der Waals surface area contributed by atoms with E-state index in [1.54, 1.807) is 30.3 Å². The molecule has 1 amide bonds. The Hall–Kier alpha value is -3.03. The summed E-state index contributed by atoms with van der Waals surface area (Å²) in [6.07, 6.45) is 1.33. The zero-order chi connectivity index (χ0) is 19.7. The molecular formula is C19H13Cl2N3O4. The van der Waals surface area contributed by atoms with Crippen LogP contribution in [0.5, 0.6) is 11.5 Å². The molecule has 1 aromatic heterocycles. The highest BCUT2D eigenvalue weighted by atomic mass is 35.5. The second-order valence-electron chi connectivity index (χ2n) is 5.99. The van der Waals surface area contributed by atoms with Gasteiger partial charge in [-0.15, -0.1) is 0 Å². The molecule has 2 aromatic carbocycles. The molecule has 0 unspecified atom stereocenters. The summed E-state index contributed by atoms with van der Waals surface area (Å²) in [5, 5.41) is 3.37. The predicted molar refractivity (Wildman–Crippen MR) is 105 cm³/mol. The maximum absolute atomic E-state index is 12.4. The molecule has 0 spiro atoms. The average molecular weight is 418 g/mol. The van der Waals surface area contributed by atoms with Crippen LogP contribution in [-0.4, -0.2) is 22.3 Å². The van der Waals surface area contributed by atoms with Crippen LogP contribution < -0.4 is 20.3 Å². The molecule has 7 nitrogen and oxygen atoms in total. The molecule has 28 heavy (non-hydrogen) atoms. The van der Waals surface area contributed by atoms with Gasteiger partial charge in [0.1, 0.15) is 6.54 Å². The van der Waals surface area contributed by atoms with E-state index in [4.69, 9.17) is 32.7 Å². The predicted octanol–water partition coefficient (Wildman–Crippen LogP) is 3.58. The number of carbonyl (C=O) groups excluding carboxylic acids is 1. The minimum absolute atomic E-state index is 0.168. The molecule has 2 heterocycles. The lowest BCUT2D eigenvalue weighted by molar-refractivity contribution is -0.116. The van der Waals surface area contributed by atoms with Gasteiger partial charge in [-0.1, -0.05) is 23.2 Å². The molecule has 0 radical (unpaired) electrons. The summed E-state index contributed by atoms with van der Waals surface area (Å²) in [6.45, 7) is -0.0186. The van der Waals surface area contributed by atoms with Crippen LogP contribution >= 0.6 is 23.2 Å². The quantitative estimate of drug-likeness (QED) is 0.701. The number of carbonyl (C=O) groups is 1. The van der Waals surface area contributed by atoms with Gasteiger partial charge < -0.3 is 14.8 Å². The number of anilines is 1. The second kappa shape index (κ2) is 7.53. The summed E-state index contributed by atoms with van der Waals surface area (Å²) < 4.78 is 11.8. The highest BCUT2D eigenvalue weighted by Gasteiger charge is 2.15. The number of hydrogen-bond acceptors (Lipinski definition) is 5. The van der Waals surface area contributed by atoms with Crippen molar-refractivity contribution in [3.8, 4) is 22.8 Å². The smallest absolute Gasteiger partial charge is 0.254 e. The zero-order valence-electron chi connectivity index (χ0n) is 14.3. The number of aromatic nitrogens is 2. The van der Waals surface area contributed by atoms with Crippen molar-refractivity contribution in [2.24, 2.45) is 0 Å². The first-order chi connectivity index (χ1) is 13.5. The lowest BCUT2D eigenvalue weighted by Gasteiger charge is -2.09. The van der Waals surface area contributed by atoms with E-state index in [2.05, 4.69) is 10.3 Å². The summed E-state index contributed by atoms with van der Waals surface area (Å²) in [5.41, 5.74) is 1.32. The number of fused-ring (bicyclic) bond motifs is 1. The first-order valence-corrected chi connectivity index (χ1v) is 8.96. The van der Waals surface area contributed by atoms with Crippen LogP contribution in [0.1, 0.15) is 0 Å². The monoisotopic (exact) mass is 417 g/mol. The lowest BCUT2D eigenvalue weighted by atomic mass is 10.1. The van der Waals surface area contributed by atoms with Crippen molar-refractivity contribution in [1.82, 2.24) is 9.55 Å². The Balaban J connectivity index is 1.49. The van der Waals surface area contributed by atoms with Gasteiger partial charge in [-0.05, 0) is 36.4 Å². The third-order valence-electron chi connectivity index (χ3n) is 4.07. The Labute approximate surface area is 169 Å². The van der Waals surface area contributed by atoms with Gasteiger partial charge in [0.25, 0.3) is 5.56 Å². The molecule has 3 aromatic rings. The van der Waals surface area contributed by atoms with Crippen molar-refractivity contribution in [3.05, 3.63) is 69.2 Å². The Morgan fingerprint density at radius 3 is 2.68 bits per heavy atom. The van der Waals surface area contributed by atoms with Crippen LogP contribution in [0.3, 0.4) is 0 Å². The Morgan fingerprint density at radius 2 is 1.89 bits per heavy atom. The molecule has 0 saturated heterocycles. The summed E-state index contributed by atoms with van der Waals surface area (Å²) in [4.78, 5) is 28.9. The molecule has 1 aliphatic rings. The molecule has 9 heteroatoms. The summed E-state index contributed by atoms with van der Waals surface area (Å²) >= 11 is 11.8. The lowest BCUT2D eigenvalue weighted by Crippen LogP contribution is -2.27. The largest absolute Gasteiger partial charge is 0.454 e. The SMILES string of the molecule is O=C(Cn1cnc(-c2ccc3c(c2)OCO3)cc1=O)Nc1ccc(Cl)c(Cl)c1. The third-order valence-corrected chi connectivity index (χ3v) is 4.80. The number of ether oxygens (including phenoxy) is 2. The van der Waals surface area contributed by atoms with Gasteiger partial charge in [-0.25, -0.2) is 4.98 Å². The number of rotatable bonds is 4. The Kier molecular flexibility index (Phi) is 4.93. The Morgan fingerprint density at radius 1 is 1.07 bits per heavy atom. The van der Waals surface area contributed by atoms with E-state index in [1.807, 2.05) is 0 Å². The van der Waals surface area contributed by atoms with Crippen LogP contribution in [0.15, 0.2) is 53.6 Å². The van der Waals surface area contributed by atoms with Crippen molar-refractivity contribution in [2.45, 2.75) is 6.54 Å². The fraction of sp³-hybridized carbons (Fsp3) is 0.105. The summed E-state index contributed by atoms with van der Waals surface area (Å²) in [6, 6.07) is 11.4. The molecule has 1 N–H and O–H groups in total. The van der Waals surface area contributed by atoms with Crippen LogP contribution in [0.25, 0.3) is 11.3 Å². The van der Waals surface area contributed by atoms with Gasteiger partial charge in [-0.2, -0.15) is 0 Å². The Bertz CT molecular complexity index is 1130. The molecule has 0 fully saturated rings. The minimum Gasteiger partial charge on any atom is -0.454 e. The summed E-state index contributed by atoms with van der Waals surface area (Å²) in [5.74, 6) is 0.860. The molecule has 0 bridgehead atoms. The van der Waals surface area contributed by atoms with Crippen LogP contribution in [-0.2, 0) is 11.3 Å². The third kappa shape index (κ3) is 3.81. The fourth-order valence-electron chi connectivity index (χ4n) is 2.69. The van der Waals surface area contributed by atoms with Gasteiger partial charge in [0, 0.05) is 17.3 Å². The van der Waals surface area contributed by atoms with Crippen LogP contribution in [0, 0.1) is 0 Å². The highest BCUT2D eigenvalue weighted by molar-refractivity contribution is 6.42. The number of amides is 1. The van der Waals surface area contributed by atoms with Crippen molar-refractivity contribution in [2.75, 3.05) is 12.1 Å². The average Bonchev–Trinajstić information content (AvgIpc) is 3.14. The topological polar surface area (TPSA) is 82.5 Å². The maximum Gasteiger partial charge on any atom is 0.254 e. The van der Waals surface area contributed by atoms with E-state index < -0.39 is 5.91 Å². The molecule has 142 valence electrons. The summed E-state index contributed by atoms with van der Waals surface area (Å²) in [7, 11) is 0. The molecule has 1 aliphatic heterocycles. The number of benzene rings is 2.